The maximum absolute atomic E-state index is 16.7. The lowest BCUT2D eigenvalue weighted by molar-refractivity contribution is -0.137. The first-order valence-electron chi connectivity index (χ1n) is 15.0. The van der Waals surface area contributed by atoms with E-state index in [0.717, 1.165) is 36.0 Å². The van der Waals surface area contributed by atoms with Crippen LogP contribution in [-0.4, -0.2) is 81.2 Å². The van der Waals surface area contributed by atoms with Gasteiger partial charge in [0, 0.05) is 48.6 Å². The van der Waals surface area contributed by atoms with Crippen LogP contribution in [-0.2, 0) is 11.0 Å². The molecule has 3 aliphatic rings. The van der Waals surface area contributed by atoms with Gasteiger partial charge in [-0.2, -0.15) is 23.1 Å². The number of hydrogen-bond donors (Lipinski definition) is 2. The van der Waals surface area contributed by atoms with E-state index in [9.17, 15) is 26.7 Å². The molecule has 3 unspecified atom stereocenters. The molecule has 0 saturated carbocycles. The SMILES string of the molecule is C=CC(=O)N1CCC(Nc2nc(OCC34CCCN3CC(F)C4)nc3c(F)c(-c4ccc(F)c5sc(N)nc45)c(C(F)(F)F)cc23)C1. The van der Waals surface area contributed by atoms with E-state index >= 15 is 4.39 Å². The van der Waals surface area contributed by atoms with E-state index in [1.54, 1.807) is 0 Å². The van der Waals surface area contributed by atoms with Gasteiger partial charge >= 0.3 is 12.2 Å². The molecule has 0 bridgehead atoms. The van der Waals surface area contributed by atoms with Crippen LogP contribution in [0.3, 0.4) is 0 Å². The number of nitrogens with zero attached hydrogens (tertiary/aromatic N) is 5. The van der Waals surface area contributed by atoms with E-state index in [1.807, 2.05) is 4.90 Å². The number of alkyl halides is 4. The molecule has 4 aromatic rings. The first-order valence-corrected chi connectivity index (χ1v) is 15.8. The normalized spacial score (nSPS) is 23.1. The van der Waals surface area contributed by atoms with Crippen molar-refractivity contribution in [1.29, 1.82) is 0 Å². The van der Waals surface area contributed by atoms with E-state index in [1.165, 1.54) is 11.0 Å². The van der Waals surface area contributed by atoms with Gasteiger partial charge in [0.1, 0.15) is 29.9 Å². The molecule has 2 aromatic heterocycles. The summed E-state index contributed by atoms with van der Waals surface area (Å²) >= 11 is 0.730. The third-order valence-corrected chi connectivity index (χ3v) is 10.1. The third kappa shape index (κ3) is 5.50. The average Bonchev–Trinajstić information content (AvgIpc) is 3.79. The molecule has 5 heterocycles. The van der Waals surface area contributed by atoms with Crippen molar-refractivity contribution in [3.8, 4) is 17.1 Å². The number of fused-ring (bicyclic) bond motifs is 3. The quantitative estimate of drug-likeness (QED) is 0.183. The lowest BCUT2D eigenvalue weighted by Gasteiger charge is -2.30. The fourth-order valence-electron chi connectivity index (χ4n) is 7.11. The summed E-state index contributed by atoms with van der Waals surface area (Å²) in [6, 6.07) is 1.95. The molecule has 7 rings (SSSR count). The van der Waals surface area contributed by atoms with Crippen molar-refractivity contribution < 1.29 is 35.9 Å². The Kier molecular flexibility index (Phi) is 7.69. The molecule has 9 nitrogen and oxygen atoms in total. The molecule has 3 atom stereocenters. The van der Waals surface area contributed by atoms with Gasteiger partial charge in [0.25, 0.3) is 0 Å². The highest BCUT2D eigenvalue weighted by Crippen LogP contribution is 2.46. The number of carbonyl (C=O) groups excluding carboxylic acids is 1. The highest BCUT2D eigenvalue weighted by atomic mass is 32.1. The van der Waals surface area contributed by atoms with Crippen LogP contribution in [0.2, 0.25) is 0 Å². The Labute approximate surface area is 268 Å². The van der Waals surface area contributed by atoms with Crippen molar-refractivity contribution in [2.75, 3.05) is 43.8 Å². The number of likely N-dealkylation sites (tertiary alicyclic amines) is 1. The van der Waals surface area contributed by atoms with E-state index in [-0.39, 0.29) is 70.2 Å². The predicted octanol–water partition coefficient (Wildman–Crippen LogP) is 5.94. The van der Waals surface area contributed by atoms with Crippen LogP contribution in [0.5, 0.6) is 6.01 Å². The second kappa shape index (κ2) is 11.5. The molecule has 0 radical (unpaired) electrons. The maximum atomic E-state index is 16.7. The molecule has 3 aliphatic heterocycles. The molecule has 16 heteroatoms. The molecule has 47 heavy (non-hydrogen) atoms. The number of nitrogen functional groups attached to an aromatic ring is 1. The fourth-order valence-corrected chi connectivity index (χ4v) is 7.87. The molecule has 1 amide bonds. The number of halogens is 6. The smallest absolute Gasteiger partial charge is 0.417 e. The van der Waals surface area contributed by atoms with Crippen molar-refractivity contribution in [1.82, 2.24) is 24.8 Å². The first-order chi connectivity index (χ1) is 22.4. The summed E-state index contributed by atoms with van der Waals surface area (Å²) in [7, 11) is 0. The first kappa shape index (κ1) is 31.4. The van der Waals surface area contributed by atoms with Crippen molar-refractivity contribution in [3.63, 3.8) is 0 Å². The number of anilines is 2. The number of aromatic nitrogens is 3. The van der Waals surface area contributed by atoms with Gasteiger partial charge in [-0.15, -0.1) is 0 Å². The minimum atomic E-state index is -5.06. The lowest BCUT2D eigenvalue weighted by atomic mass is 9.95. The summed E-state index contributed by atoms with van der Waals surface area (Å²) in [6.45, 7) is 5.01. The Bertz CT molecular complexity index is 1920. The number of thiazole rings is 1. The van der Waals surface area contributed by atoms with Gasteiger partial charge in [0.2, 0.25) is 5.91 Å². The Morgan fingerprint density at radius 2 is 2.00 bits per heavy atom. The number of hydrogen-bond acceptors (Lipinski definition) is 9. The second-order valence-electron chi connectivity index (χ2n) is 12.2. The Hall–Kier alpha value is -4.18. The lowest BCUT2D eigenvalue weighted by Crippen LogP contribution is -2.43. The van der Waals surface area contributed by atoms with E-state index in [0.29, 0.717) is 25.9 Å². The second-order valence-corrected chi connectivity index (χ2v) is 13.2. The molecule has 3 N–H and O–H groups in total. The van der Waals surface area contributed by atoms with Crippen molar-refractivity contribution in [2.24, 2.45) is 0 Å². The standard InChI is InChI=1S/C31H29F6N7O2S/c1-2-21(45)43-9-6-16(13-43)39-27-18-10-19(31(35,36)37)22(17-4-5-20(33)26-25(17)40-28(38)47-26)23(34)24(18)41-29(42-27)46-14-30-7-3-8-44(30)12-15(32)11-30/h2,4-5,10,15-16H,1,3,6-9,11-14H2,(H2,38,40)(H,39,41,42). The number of nitrogens with one attached hydrogen (secondary N) is 1. The number of carbonyl (C=O) groups is 1. The molecule has 0 aliphatic carbocycles. The van der Waals surface area contributed by atoms with Crippen LogP contribution in [0, 0.1) is 11.6 Å². The largest absolute Gasteiger partial charge is 0.461 e. The summed E-state index contributed by atoms with van der Waals surface area (Å²) in [5.41, 5.74) is 1.92. The van der Waals surface area contributed by atoms with Gasteiger partial charge < -0.3 is 20.7 Å². The molecular formula is C31H29F6N7O2S. The van der Waals surface area contributed by atoms with Gasteiger partial charge in [-0.25, -0.2) is 18.2 Å². The summed E-state index contributed by atoms with van der Waals surface area (Å²) < 4.78 is 95.8. The molecule has 248 valence electrons. The Morgan fingerprint density at radius 1 is 1.19 bits per heavy atom. The van der Waals surface area contributed by atoms with Gasteiger partial charge in [-0.3, -0.25) is 9.69 Å². The van der Waals surface area contributed by atoms with Gasteiger partial charge in [0.05, 0.1) is 21.3 Å². The van der Waals surface area contributed by atoms with E-state index in [4.69, 9.17) is 10.5 Å². The van der Waals surface area contributed by atoms with Crippen LogP contribution in [0.15, 0.2) is 30.9 Å². The van der Waals surface area contributed by atoms with Gasteiger partial charge in [-0.1, -0.05) is 17.9 Å². The topological polar surface area (TPSA) is 110 Å². The van der Waals surface area contributed by atoms with E-state index in [2.05, 4.69) is 26.8 Å². The zero-order valence-electron chi connectivity index (χ0n) is 24.8. The summed E-state index contributed by atoms with van der Waals surface area (Å²) in [5, 5.41) is 2.70. The summed E-state index contributed by atoms with van der Waals surface area (Å²) in [5.74, 6) is -2.54. The number of benzene rings is 2. The summed E-state index contributed by atoms with van der Waals surface area (Å²) in [6.07, 6.45) is -2.74. The number of amides is 1. The number of ether oxygens (including phenoxy) is 1. The fraction of sp³-hybridized carbons (Fsp3) is 0.419. The van der Waals surface area contributed by atoms with Crippen LogP contribution in [0.25, 0.3) is 32.2 Å². The predicted molar refractivity (Wildman–Crippen MR) is 165 cm³/mol. The molecule has 3 fully saturated rings. The highest BCUT2D eigenvalue weighted by molar-refractivity contribution is 7.22. The van der Waals surface area contributed by atoms with E-state index < -0.39 is 52.2 Å². The van der Waals surface area contributed by atoms with Crippen LogP contribution in [0.1, 0.15) is 31.2 Å². The minimum absolute atomic E-state index is 0.00476. The van der Waals surface area contributed by atoms with Gasteiger partial charge in [-0.05, 0) is 50.1 Å². The van der Waals surface area contributed by atoms with Crippen molar-refractivity contribution >= 4 is 49.3 Å². The zero-order chi connectivity index (χ0) is 33.2. The molecular weight excluding hydrogens is 648 g/mol. The van der Waals surface area contributed by atoms with Crippen LogP contribution >= 0.6 is 11.3 Å². The van der Waals surface area contributed by atoms with Crippen LogP contribution in [0.4, 0.5) is 37.3 Å². The number of rotatable bonds is 7. The summed E-state index contributed by atoms with van der Waals surface area (Å²) in [4.78, 5) is 28.4. The average molecular weight is 678 g/mol. The van der Waals surface area contributed by atoms with Gasteiger partial charge in [0.15, 0.2) is 10.9 Å². The molecule has 3 saturated heterocycles. The van der Waals surface area contributed by atoms with Crippen LogP contribution < -0.4 is 15.8 Å². The van der Waals surface area contributed by atoms with Crippen molar-refractivity contribution in [3.05, 3.63) is 48.1 Å². The molecule has 2 aromatic carbocycles. The zero-order valence-corrected chi connectivity index (χ0v) is 25.7. The van der Waals surface area contributed by atoms with Crippen molar-refractivity contribution in [2.45, 2.75) is 49.6 Å². The molecule has 0 spiro atoms. The minimum Gasteiger partial charge on any atom is -0.461 e. The number of nitrogens with two attached hydrogens (primary N) is 1. The Morgan fingerprint density at radius 3 is 2.77 bits per heavy atom. The monoisotopic (exact) mass is 677 g/mol. The highest BCUT2D eigenvalue weighted by Gasteiger charge is 2.49. The Balaban J connectivity index is 1.38. The maximum Gasteiger partial charge on any atom is 0.417 e. The third-order valence-electron chi connectivity index (χ3n) is 9.24.